The van der Waals surface area contributed by atoms with E-state index in [1.807, 2.05) is 16.7 Å². The lowest BCUT2D eigenvalue weighted by atomic mass is 9.81. The molecule has 218 valence electrons. The van der Waals surface area contributed by atoms with Crippen LogP contribution in [0.15, 0.2) is 66.0 Å². The van der Waals surface area contributed by atoms with E-state index in [1.165, 1.54) is 30.0 Å². The molecule has 0 bridgehead atoms. The lowest BCUT2D eigenvalue weighted by molar-refractivity contribution is -0.868. The van der Waals surface area contributed by atoms with Crippen LogP contribution >= 0.6 is 35.0 Å². The molecule has 1 N–H and O–H groups in total. The highest BCUT2D eigenvalue weighted by molar-refractivity contribution is 7.98. The van der Waals surface area contributed by atoms with Crippen LogP contribution in [0.3, 0.4) is 0 Å². The number of aromatic nitrogens is 2. The first kappa shape index (κ1) is 31.2. The zero-order valence-electron chi connectivity index (χ0n) is 24.1. The smallest absolute Gasteiger partial charge is 0.173 e. The van der Waals surface area contributed by atoms with Gasteiger partial charge in [0.25, 0.3) is 0 Å². The van der Waals surface area contributed by atoms with E-state index in [9.17, 15) is 4.39 Å². The van der Waals surface area contributed by atoms with Crippen molar-refractivity contribution in [2.45, 2.75) is 30.2 Å². The maximum atomic E-state index is 15.2. The summed E-state index contributed by atoms with van der Waals surface area (Å²) in [6.45, 7) is 5.72. The number of hydrogen-bond acceptors (Lipinski definition) is 4. The van der Waals surface area contributed by atoms with Gasteiger partial charge in [0.2, 0.25) is 0 Å². The molecule has 0 aliphatic heterocycles. The molecule has 1 aromatic heterocycles. The molecule has 5 nitrogen and oxygen atoms in total. The van der Waals surface area contributed by atoms with Crippen molar-refractivity contribution in [2.24, 2.45) is 0 Å². The number of rotatable bonds is 11. The quantitative estimate of drug-likeness (QED) is 0.136. The van der Waals surface area contributed by atoms with Crippen molar-refractivity contribution >= 4 is 40.7 Å². The van der Waals surface area contributed by atoms with E-state index in [-0.39, 0.29) is 17.4 Å². The Morgan fingerprint density at radius 2 is 1.71 bits per heavy atom. The van der Waals surface area contributed by atoms with Crippen molar-refractivity contribution in [3.8, 4) is 11.4 Å². The minimum Gasteiger partial charge on any atom is -0.495 e. The average Bonchev–Trinajstić information content (AvgIpc) is 3.33. The second-order valence-electron chi connectivity index (χ2n) is 11.4. The number of hydrogen-bond donors (Lipinski definition) is 1. The second kappa shape index (κ2) is 12.6. The molecule has 41 heavy (non-hydrogen) atoms. The third-order valence-electron chi connectivity index (χ3n) is 6.93. The van der Waals surface area contributed by atoms with Crippen molar-refractivity contribution in [3.63, 3.8) is 0 Å². The highest BCUT2D eigenvalue weighted by atomic mass is 35.5. The van der Waals surface area contributed by atoms with Crippen LogP contribution in [0.2, 0.25) is 10.0 Å². The predicted octanol–water partition coefficient (Wildman–Crippen LogP) is 8.20. The molecule has 0 radical (unpaired) electrons. The predicted molar refractivity (Wildman–Crippen MR) is 166 cm³/mol. The minimum atomic E-state index is -0.542. The Bertz CT molecular complexity index is 1490. The molecule has 4 aromatic rings. The molecule has 10 heteroatoms. The zero-order chi connectivity index (χ0) is 29.9. The Kier molecular flexibility index (Phi) is 9.59. The van der Waals surface area contributed by atoms with Crippen molar-refractivity contribution < 1.29 is 18.0 Å². The fraction of sp³-hybridized carbons (Fsp3) is 0.323. The molecule has 0 aliphatic rings. The summed E-state index contributed by atoms with van der Waals surface area (Å²) in [5, 5.41) is 4.74. The number of nitrogens with one attached hydrogen (secondary N) is 1. The van der Waals surface area contributed by atoms with Crippen LogP contribution in [0.5, 0.6) is 5.75 Å². The molecule has 0 amide bonds. The van der Waals surface area contributed by atoms with Crippen LogP contribution in [0.1, 0.15) is 30.7 Å². The number of nitrogens with zero attached hydrogens (tertiary/aromatic N) is 3. The van der Waals surface area contributed by atoms with E-state index in [2.05, 4.69) is 40.3 Å². The molecule has 3 aromatic carbocycles. The Morgan fingerprint density at radius 1 is 1.00 bits per heavy atom. The Balaban J connectivity index is 1.66. The molecule has 1 heterocycles. The van der Waals surface area contributed by atoms with E-state index in [0.717, 1.165) is 28.0 Å². The molecule has 0 aliphatic carbocycles. The van der Waals surface area contributed by atoms with Gasteiger partial charge in [-0.2, -0.15) is 0 Å². The van der Waals surface area contributed by atoms with Crippen LogP contribution in [-0.2, 0) is 11.2 Å². The molecule has 4 rings (SSSR count). The lowest BCUT2D eigenvalue weighted by Crippen LogP contribution is -2.38. The first-order valence-electron chi connectivity index (χ1n) is 13.1. The van der Waals surface area contributed by atoms with Gasteiger partial charge in [0.05, 0.1) is 58.3 Å². The van der Waals surface area contributed by atoms with Gasteiger partial charge in [-0.25, -0.2) is 13.8 Å². The number of halogens is 4. The molecule has 0 spiro atoms. The molecule has 0 atom stereocenters. The largest absolute Gasteiger partial charge is 0.495 e. The van der Waals surface area contributed by atoms with Crippen LogP contribution in [0.25, 0.3) is 5.69 Å². The van der Waals surface area contributed by atoms with E-state index in [4.69, 9.17) is 32.9 Å². The third-order valence-corrected chi connectivity index (χ3v) is 8.55. The summed E-state index contributed by atoms with van der Waals surface area (Å²) in [5.74, 6) is 0.110. The van der Waals surface area contributed by atoms with E-state index >= 15 is 4.39 Å². The van der Waals surface area contributed by atoms with E-state index in [1.54, 1.807) is 37.6 Å². The van der Waals surface area contributed by atoms with Gasteiger partial charge in [-0.1, -0.05) is 54.9 Å². The van der Waals surface area contributed by atoms with E-state index < -0.39 is 5.41 Å². The number of ether oxygens (including phenoxy) is 1. The van der Waals surface area contributed by atoms with E-state index in [0.29, 0.717) is 38.7 Å². The fourth-order valence-corrected chi connectivity index (χ4v) is 6.00. The van der Waals surface area contributed by atoms with Crippen LogP contribution in [-0.4, -0.2) is 55.4 Å². The first-order chi connectivity index (χ1) is 19.3. The third kappa shape index (κ3) is 7.36. The number of likely N-dealkylation sites (N-methyl/N-ethyl adjacent to an activating group) is 1. The van der Waals surface area contributed by atoms with Gasteiger partial charge in [-0.05, 0) is 54.1 Å². The normalized spacial score (nSPS) is 12.0. The number of thioether (sulfide) groups is 1. The van der Waals surface area contributed by atoms with Gasteiger partial charge in [0.15, 0.2) is 5.16 Å². The molecule has 0 fully saturated rings. The minimum absolute atomic E-state index is 0.261. The fourth-order valence-electron chi connectivity index (χ4n) is 4.43. The van der Waals surface area contributed by atoms with Crippen LogP contribution in [0, 0.1) is 11.6 Å². The molecular weight excluding hydrogens is 585 g/mol. The number of methoxy groups -OCH3 is 1. The van der Waals surface area contributed by atoms with Gasteiger partial charge in [0, 0.05) is 33.1 Å². The topological polar surface area (TPSA) is 39.1 Å². The maximum absolute atomic E-state index is 15.2. The highest BCUT2D eigenvalue weighted by Gasteiger charge is 2.30. The summed E-state index contributed by atoms with van der Waals surface area (Å²) in [7, 11) is 7.88. The Labute approximate surface area is 255 Å². The zero-order valence-corrected chi connectivity index (χ0v) is 26.4. The van der Waals surface area contributed by atoms with Gasteiger partial charge in [0.1, 0.15) is 17.4 Å². The van der Waals surface area contributed by atoms with Crippen molar-refractivity contribution in [1.29, 1.82) is 0 Å². The number of quaternary nitrogens is 1. The summed E-state index contributed by atoms with van der Waals surface area (Å²) >= 11 is 14.2. The average molecular weight is 621 g/mol. The molecule has 0 saturated heterocycles. The van der Waals surface area contributed by atoms with Gasteiger partial charge in [-0.15, -0.1) is 0 Å². The maximum Gasteiger partial charge on any atom is 0.173 e. The second-order valence-corrected chi connectivity index (χ2v) is 13.1. The summed E-state index contributed by atoms with van der Waals surface area (Å²) in [6, 6.07) is 15.1. The van der Waals surface area contributed by atoms with Gasteiger partial charge >= 0.3 is 0 Å². The van der Waals surface area contributed by atoms with Crippen molar-refractivity contribution in [2.75, 3.05) is 46.7 Å². The summed E-state index contributed by atoms with van der Waals surface area (Å²) in [4.78, 5) is 4.72. The van der Waals surface area contributed by atoms with Gasteiger partial charge < -0.3 is 14.5 Å². The molecule has 0 saturated carbocycles. The number of imidazole rings is 1. The number of benzene rings is 3. The summed E-state index contributed by atoms with van der Waals surface area (Å²) < 4.78 is 37.3. The number of anilines is 1. The SMILES string of the molecule is COc1cc(C(C)(C)c2cnc(SCc3c(F)cc(NCC[N+](C)(C)C)cc3Cl)n2-c2ccc(F)cc2)ccc1Cl. The highest BCUT2D eigenvalue weighted by Crippen LogP contribution is 2.40. The summed E-state index contributed by atoms with van der Waals surface area (Å²) in [5.41, 5.74) is 3.05. The lowest BCUT2D eigenvalue weighted by Gasteiger charge is -2.28. The van der Waals surface area contributed by atoms with Crippen molar-refractivity contribution in [1.82, 2.24) is 9.55 Å². The standard InChI is InChI=1S/C31H35Cl2F2N4OS/c1-31(2,20-7-12-25(32)28(15-20)40-6)29-18-37-30(38(29)23-10-8-21(34)9-11-23)41-19-24-26(33)16-22(17-27(24)35)36-13-14-39(3,4)5/h7-12,15-18,36H,13-14,19H2,1-6H3/q+1. The molecule has 0 unspecified atom stereocenters. The van der Waals surface area contributed by atoms with Crippen LogP contribution in [0.4, 0.5) is 14.5 Å². The van der Waals surface area contributed by atoms with Crippen LogP contribution < -0.4 is 10.1 Å². The van der Waals surface area contributed by atoms with Gasteiger partial charge in [-0.3, -0.25) is 4.57 Å². The molecular formula is C31H35Cl2F2N4OS+. The monoisotopic (exact) mass is 619 g/mol. The van der Waals surface area contributed by atoms with Crippen molar-refractivity contribution in [3.05, 3.63) is 99.3 Å². The first-order valence-corrected chi connectivity index (χ1v) is 14.9. The Hall–Kier alpha value is -2.78. The summed E-state index contributed by atoms with van der Waals surface area (Å²) in [6.07, 6.45) is 1.80. The Morgan fingerprint density at radius 3 is 2.34 bits per heavy atom.